The van der Waals surface area contributed by atoms with Crippen LogP contribution < -0.4 is 5.73 Å². The first kappa shape index (κ1) is 9.02. The number of hydrogen-bond acceptors (Lipinski definition) is 5. The molecule has 0 bridgehead atoms. The van der Waals surface area contributed by atoms with Crippen molar-refractivity contribution in [3.8, 4) is 0 Å². The molecule has 1 rings (SSSR count). The van der Waals surface area contributed by atoms with Crippen molar-refractivity contribution in [3.63, 3.8) is 0 Å². The maximum atomic E-state index is 9.51. The summed E-state index contributed by atoms with van der Waals surface area (Å²) < 4.78 is 0. The summed E-state index contributed by atoms with van der Waals surface area (Å²) in [4.78, 5) is 11.3. The highest BCUT2D eigenvalue weighted by atomic mass is 16.3. The number of aliphatic hydroxyl groups is 1. The molecular weight excluding hydrogens is 156 g/mol. The van der Waals surface area contributed by atoms with E-state index >= 15 is 0 Å². The number of nitrogens with two attached hydrogens (primary N) is 1. The van der Waals surface area contributed by atoms with Gasteiger partial charge >= 0.3 is 0 Å². The minimum Gasteiger partial charge on any atom is -0.388 e. The Bertz CT molecular complexity index is 243. The maximum Gasteiger partial charge on any atom is 0.151 e. The molecule has 0 amide bonds. The lowest BCUT2D eigenvalue weighted by molar-refractivity contribution is 0.0487. The van der Waals surface area contributed by atoms with Gasteiger partial charge in [-0.05, 0) is 13.8 Å². The van der Waals surface area contributed by atoms with Crippen LogP contribution in [0, 0.1) is 0 Å². The van der Waals surface area contributed by atoms with Crippen LogP contribution in [-0.4, -0.2) is 25.7 Å². The molecule has 1 aromatic heterocycles. The fourth-order valence-electron chi connectivity index (χ4n) is 0.725. The van der Waals surface area contributed by atoms with Crippen LogP contribution in [0.2, 0.25) is 0 Å². The number of rotatable bonds is 2. The minimum absolute atomic E-state index is 0.400. The van der Waals surface area contributed by atoms with Crippen molar-refractivity contribution in [3.05, 3.63) is 18.5 Å². The quantitative estimate of drug-likeness (QED) is 0.630. The van der Waals surface area contributed by atoms with E-state index in [1.165, 1.54) is 12.7 Å². The summed E-state index contributed by atoms with van der Waals surface area (Å²) in [6.07, 6.45) is 2.71. The van der Waals surface area contributed by atoms with Gasteiger partial charge in [-0.2, -0.15) is 0 Å². The van der Waals surface area contributed by atoms with E-state index in [0.29, 0.717) is 5.82 Å². The predicted molar refractivity (Wildman–Crippen MR) is 43.1 cm³/mol. The first-order chi connectivity index (χ1) is 5.52. The van der Waals surface area contributed by atoms with E-state index in [9.17, 15) is 5.11 Å². The van der Waals surface area contributed by atoms with E-state index in [-0.39, 0.29) is 0 Å². The minimum atomic E-state index is -1.01. The maximum absolute atomic E-state index is 9.51. The number of hydrogen-bond donors (Lipinski definition) is 2. The second kappa shape index (κ2) is 3.12. The SMILES string of the molecule is CC(C)(O)C(N)c1ncncn1. The van der Waals surface area contributed by atoms with Gasteiger partial charge in [-0.1, -0.05) is 0 Å². The highest BCUT2D eigenvalue weighted by Crippen LogP contribution is 2.18. The molecule has 0 fully saturated rings. The summed E-state index contributed by atoms with van der Waals surface area (Å²) in [5.41, 5.74) is 4.66. The van der Waals surface area contributed by atoms with Crippen LogP contribution in [0.3, 0.4) is 0 Å². The molecule has 1 aromatic rings. The molecule has 1 atom stereocenters. The molecule has 0 spiro atoms. The monoisotopic (exact) mass is 168 g/mol. The highest BCUT2D eigenvalue weighted by Gasteiger charge is 2.26. The Kier molecular flexibility index (Phi) is 2.35. The third-order valence-corrected chi connectivity index (χ3v) is 1.55. The first-order valence-electron chi connectivity index (χ1n) is 3.61. The average Bonchev–Trinajstić information content (AvgIpc) is 2.03. The van der Waals surface area contributed by atoms with Crippen LogP contribution in [0.15, 0.2) is 12.7 Å². The van der Waals surface area contributed by atoms with Gasteiger partial charge < -0.3 is 10.8 Å². The van der Waals surface area contributed by atoms with Gasteiger partial charge in [-0.3, -0.25) is 0 Å². The molecule has 0 radical (unpaired) electrons. The zero-order valence-electron chi connectivity index (χ0n) is 7.10. The number of aromatic nitrogens is 3. The Morgan fingerprint density at radius 1 is 1.42 bits per heavy atom. The Morgan fingerprint density at radius 2 is 1.92 bits per heavy atom. The average molecular weight is 168 g/mol. The molecule has 0 aliphatic carbocycles. The summed E-state index contributed by atoms with van der Waals surface area (Å²) in [6.45, 7) is 3.23. The van der Waals surface area contributed by atoms with Gasteiger partial charge in [0.25, 0.3) is 0 Å². The molecule has 3 N–H and O–H groups in total. The molecule has 0 aromatic carbocycles. The summed E-state index contributed by atoms with van der Waals surface area (Å²) in [5.74, 6) is 0.400. The van der Waals surface area contributed by atoms with Crippen molar-refractivity contribution in [2.24, 2.45) is 5.73 Å². The van der Waals surface area contributed by atoms with Gasteiger partial charge in [-0.25, -0.2) is 15.0 Å². The van der Waals surface area contributed by atoms with Crippen molar-refractivity contribution in [1.29, 1.82) is 0 Å². The molecule has 1 unspecified atom stereocenters. The molecule has 5 nitrogen and oxygen atoms in total. The predicted octanol–water partition coefficient (Wildman–Crippen LogP) is -0.358. The lowest BCUT2D eigenvalue weighted by Gasteiger charge is -2.23. The van der Waals surface area contributed by atoms with Crippen LogP contribution in [0.1, 0.15) is 25.7 Å². The summed E-state index contributed by atoms with van der Waals surface area (Å²) in [7, 11) is 0. The number of nitrogens with zero attached hydrogens (tertiary/aromatic N) is 3. The summed E-state index contributed by atoms with van der Waals surface area (Å²) >= 11 is 0. The highest BCUT2D eigenvalue weighted by molar-refractivity contribution is 4.98. The fraction of sp³-hybridized carbons (Fsp3) is 0.571. The molecule has 0 aliphatic rings. The van der Waals surface area contributed by atoms with E-state index < -0.39 is 11.6 Å². The van der Waals surface area contributed by atoms with E-state index in [1.807, 2.05) is 0 Å². The second-order valence-electron chi connectivity index (χ2n) is 3.13. The summed E-state index contributed by atoms with van der Waals surface area (Å²) in [5, 5.41) is 9.51. The molecule has 5 heteroatoms. The van der Waals surface area contributed by atoms with Crippen molar-refractivity contribution >= 4 is 0 Å². The summed E-state index contributed by atoms with van der Waals surface area (Å²) in [6, 6.07) is -0.583. The van der Waals surface area contributed by atoms with Crippen molar-refractivity contribution in [2.75, 3.05) is 0 Å². The van der Waals surface area contributed by atoms with Crippen molar-refractivity contribution < 1.29 is 5.11 Å². The van der Waals surface area contributed by atoms with Crippen LogP contribution in [0.4, 0.5) is 0 Å². The van der Waals surface area contributed by atoms with Gasteiger partial charge in [-0.15, -0.1) is 0 Å². The van der Waals surface area contributed by atoms with Crippen LogP contribution in [-0.2, 0) is 0 Å². The van der Waals surface area contributed by atoms with Gasteiger partial charge in [0, 0.05) is 0 Å². The van der Waals surface area contributed by atoms with Crippen LogP contribution >= 0.6 is 0 Å². The Balaban J connectivity index is 2.86. The normalized spacial score (nSPS) is 14.3. The van der Waals surface area contributed by atoms with E-state index in [2.05, 4.69) is 15.0 Å². The topological polar surface area (TPSA) is 84.9 Å². The Labute approximate surface area is 70.7 Å². The van der Waals surface area contributed by atoms with Crippen molar-refractivity contribution in [2.45, 2.75) is 25.5 Å². The first-order valence-corrected chi connectivity index (χ1v) is 3.61. The molecule has 1 heterocycles. The van der Waals surface area contributed by atoms with E-state index in [1.54, 1.807) is 13.8 Å². The molecule has 12 heavy (non-hydrogen) atoms. The smallest absolute Gasteiger partial charge is 0.151 e. The standard InChI is InChI=1S/C7H12N4O/c1-7(2,12)5(8)6-10-3-9-4-11-6/h3-5,12H,8H2,1-2H3. The van der Waals surface area contributed by atoms with Gasteiger partial charge in [0.15, 0.2) is 5.82 Å². The fourth-order valence-corrected chi connectivity index (χ4v) is 0.725. The molecule has 66 valence electrons. The second-order valence-corrected chi connectivity index (χ2v) is 3.13. The lowest BCUT2D eigenvalue weighted by atomic mass is 9.99. The van der Waals surface area contributed by atoms with E-state index in [0.717, 1.165) is 0 Å². The molecule has 0 aliphatic heterocycles. The van der Waals surface area contributed by atoms with Gasteiger partial charge in [0.05, 0.1) is 11.6 Å². The third kappa shape index (κ3) is 1.96. The van der Waals surface area contributed by atoms with Crippen LogP contribution in [0.5, 0.6) is 0 Å². The Morgan fingerprint density at radius 3 is 2.33 bits per heavy atom. The molecule has 0 saturated heterocycles. The zero-order valence-corrected chi connectivity index (χ0v) is 7.10. The lowest BCUT2D eigenvalue weighted by Crippen LogP contribution is -2.36. The van der Waals surface area contributed by atoms with Gasteiger partial charge in [0.1, 0.15) is 12.7 Å². The third-order valence-electron chi connectivity index (χ3n) is 1.55. The zero-order chi connectivity index (χ0) is 9.19. The van der Waals surface area contributed by atoms with Gasteiger partial charge in [0.2, 0.25) is 0 Å². The van der Waals surface area contributed by atoms with Crippen molar-refractivity contribution in [1.82, 2.24) is 15.0 Å². The molecular formula is C7H12N4O. The molecule has 0 saturated carbocycles. The Hall–Kier alpha value is -1.07. The largest absolute Gasteiger partial charge is 0.388 e. The van der Waals surface area contributed by atoms with E-state index in [4.69, 9.17) is 5.73 Å². The van der Waals surface area contributed by atoms with Crippen LogP contribution in [0.25, 0.3) is 0 Å².